The lowest BCUT2D eigenvalue weighted by molar-refractivity contribution is 0.0944. The van der Waals surface area contributed by atoms with Gasteiger partial charge >= 0.3 is 0 Å². The summed E-state index contributed by atoms with van der Waals surface area (Å²) in [6.45, 7) is 3.82. The van der Waals surface area contributed by atoms with Crippen molar-refractivity contribution < 1.29 is 9.18 Å². The molecule has 2 nitrogen and oxygen atoms in total. The summed E-state index contributed by atoms with van der Waals surface area (Å²) >= 11 is 4.81. The first-order chi connectivity index (χ1) is 8.97. The Balaban J connectivity index is 2.08. The van der Waals surface area contributed by atoms with Crippen LogP contribution in [0.25, 0.3) is 0 Å². The number of carbonyl (C=O) groups excluding carboxylic acids is 1. The summed E-state index contributed by atoms with van der Waals surface area (Å²) in [4.78, 5) is 12.7. The Kier molecular flexibility index (Phi) is 4.37. The van der Waals surface area contributed by atoms with Gasteiger partial charge in [0.25, 0.3) is 5.91 Å². The van der Waals surface area contributed by atoms with E-state index in [9.17, 15) is 9.18 Å². The zero-order valence-electron chi connectivity index (χ0n) is 10.5. The van der Waals surface area contributed by atoms with Gasteiger partial charge in [0.1, 0.15) is 5.82 Å². The molecule has 100 valence electrons. The molecule has 1 N–H and O–H groups in total. The van der Waals surface area contributed by atoms with E-state index in [1.807, 2.05) is 19.9 Å². The first-order valence-corrected chi connectivity index (χ1v) is 7.40. The van der Waals surface area contributed by atoms with E-state index in [-0.39, 0.29) is 17.8 Å². The second-order valence-corrected chi connectivity index (χ2v) is 6.68. The van der Waals surface area contributed by atoms with E-state index < -0.39 is 0 Å². The lowest BCUT2D eigenvalue weighted by atomic mass is 10.1. The van der Waals surface area contributed by atoms with Gasteiger partial charge in [-0.3, -0.25) is 4.79 Å². The topological polar surface area (TPSA) is 29.1 Å². The largest absolute Gasteiger partial charge is 0.345 e. The first kappa shape index (κ1) is 14.2. The van der Waals surface area contributed by atoms with Gasteiger partial charge in [-0.15, -0.1) is 11.3 Å². The third-order valence-electron chi connectivity index (χ3n) is 2.80. The van der Waals surface area contributed by atoms with Crippen LogP contribution in [0.1, 0.15) is 33.8 Å². The number of amides is 1. The third kappa shape index (κ3) is 3.42. The van der Waals surface area contributed by atoms with Gasteiger partial charge in [-0.05, 0) is 59.1 Å². The van der Waals surface area contributed by atoms with Gasteiger partial charge in [-0.2, -0.15) is 0 Å². The first-order valence-electron chi connectivity index (χ1n) is 5.79. The van der Waals surface area contributed by atoms with Crippen LogP contribution < -0.4 is 5.32 Å². The van der Waals surface area contributed by atoms with Crippen molar-refractivity contribution in [1.82, 2.24) is 5.32 Å². The molecule has 2 aromatic rings. The van der Waals surface area contributed by atoms with Crippen molar-refractivity contribution in [2.75, 3.05) is 0 Å². The van der Waals surface area contributed by atoms with Crippen LogP contribution in [-0.2, 0) is 0 Å². The molecule has 1 amide bonds. The summed E-state index contributed by atoms with van der Waals surface area (Å²) in [5.74, 6) is -0.393. The Morgan fingerprint density at radius 3 is 2.53 bits per heavy atom. The Morgan fingerprint density at radius 1 is 1.37 bits per heavy atom. The maximum Gasteiger partial charge on any atom is 0.261 e. The molecule has 1 aromatic heterocycles. The second-order valence-electron chi connectivity index (χ2n) is 4.31. The standard InChI is InChI=1S/C14H13BrFNOS/c1-8-7-12(19-13(8)15)14(18)17-9(2)10-3-5-11(16)6-4-10/h3-7,9H,1-2H3,(H,17,18). The van der Waals surface area contributed by atoms with Gasteiger partial charge in [0, 0.05) is 0 Å². The van der Waals surface area contributed by atoms with Crippen LogP contribution in [0.2, 0.25) is 0 Å². The summed E-state index contributed by atoms with van der Waals surface area (Å²) < 4.78 is 13.8. The van der Waals surface area contributed by atoms with Gasteiger partial charge < -0.3 is 5.32 Å². The molecule has 0 aliphatic heterocycles. The smallest absolute Gasteiger partial charge is 0.261 e. The Bertz CT molecular complexity index is 574. The lowest BCUT2D eigenvalue weighted by Gasteiger charge is -2.13. The van der Waals surface area contributed by atoms with Crippen molar-refractivity contribution in [3.63, 3.8) is 0 Å². The van der Waals surface area contributed by atoms with Crippen molar-refractivity contribution >= 4 is 33.2 Å². The highest BCUT2D eigenvalue weighted by atomic mass is 79.9. The van der Waals surface area contributed by atoms with Crippen LogP contribution in [0.15, 0.2) is 34.1 Å². The minimum atomic E-state index is -0.278. The summed E-state index contributed by atoms with van der Waals surface area (Å²) in [6, 6.07) is 7.83. The Morgan fingerprint density at radius 2 is 2.00 bits per heavy atom. The maximum absolute atomic E-state index is 12.8. The van der Waals surface area contributed by atoms with Crippen molar-refractivity contribution in [1.29, 1.82) is 0 Å². The Labute approximate surface area is 123 Å². The molecular weight excluding hydrogens is 329 g/mol. The minimum absolute atomic E-state index is 0.115. The van der Waals surface area contributed by atoms with Crippen molar-refractivity contribution in [3.8, 4) is 0 Å². The zero-order valence-corrected chi connectivity index (χ0v) is 12.9. The molecular formula is C14H13BrFNOS. The quantitative estimate of drug-likeness (QED) is 0.877. The predicted octanol–water partition coefficient (Wildman–Crippen LogP) is 4.45. The number of rotatable bonds is 3. The van der Waals surface area contributed by atoms with Gasteiger partial charge in [-0.25, -0.2) is 4.39 Å². The fourth-order valence-electron chi connectivity index (χ4n) is 1.67. The molecule has 19 heavy (non-hydrogen) atoms. The maximum atomic E-state index is 12.8. The van der Waals surface area contributed by atoms with Gasteiger partial charge in [0.2, 0.25) is 0 Å². The number of thiophene rings is 1. The highest BCUT2D eigenvalue weighted by molar-refractivity contribution is 9.11. The molecule has 2 rings (SSSR count). The Hall–Kier alpha value is -1.20. The second kappa shape index (κ2) is 5.84. The molecule has 0 fully saturated rings. The van der Waals surface area contributed by atoms with Crippen molar-refractivity contribution in [2.24, 2.45) is 0 Å². The average molecular weight is 342 g/mol. The lowest BCUT2D eigenvalue weighted by Crippen LogP contribution is -2.25. The van der Waals surface area contributed by atoms with E-state index in [2.05, 4.69) is 21.2 Å². The summed E-state index contributed by atoms with van der Waals surface area (Å²) in [7, 11) is 0. The molecule has 0 spiro atoms. The van der Waals surface area contributed by atoms with Gasteiger partial charge in [-0.1, -0.05) is 12.1 Å². The molecule has 5 heteroatoms. The minimum Gasteiger partial charge on any atom is -0.345 e. The van der Waals surface area contributed by atoms with Crippen LogP contribution >= 0.6 is 27.3 Å². The van der Waals surface area contributed by atoms with Crippen LogP contribution in [-0.4, -0.2) is 5.91 Å². The molecule has 1 aromatic carbocycles. The number of halogens is 2. The molecule has 0 aliphatic carbocycles. The molecule has 0 saturated carbocycles. The predicted molar refractivity (Wildman–Crippen MR) is 79.0 cm³/mol. The highest BCUT2D eigenvalue weighted by Crippen LogP contribution is 2.27. The summed E-state index contributed by atoms with van der Waals surface area (Å²) in [5, 5.41) is 2.90. The molecule has 0 saturated heterocycles. The van der Waals surface area contributed by atoms with E-state index in [0.717, 1.165) is 14.9 Å². The van der Waals surface area contributed by atoms with E-state index >= 15 is 0 Å². The number of hydrogen-bond donors (Lipinski definition) is 1. The van der Waals surface area contributed by atoms with Crippen molar-refractivity contribution in [3.05, 3.63) is 55.9 Å². The number of carbonyl (C=O) groups is 1. The van der Waals surface area contributed by atoms with Crippen molar-refractivity contribution in [2.45, 2.75) is 19.9 Å². The fourth-order valence-corrected chi connectivity index (χ4v) is 3.11. The normalized spacial score (nSPS) is 12.2. The monoisotopic (exact) mass is 341 g/mol. The summed E-state index contributed by atoms with van der Waals surface area (Å²) in [6.07, 6.45) is 0. The summed E-state index contributed by atoms with van der Waals surface area (Å²) in [5.41, 5.74) is 1.92. The number of hydrogen-bond acceptors (Lipinski definition) is 2. The molecule has 0 bridgehead atoms. The van der Waals surface area contributed by atoms with Gasteiger partial charge in [0.15, 0.2) is 0 Å². The third-order valence-corrected chi connectivity index (χ3v) is 4.93. The molecule has 1 unspecified atom stereocenters. The number of benzene rings is 1. The average Bonchev–Trinajstić information content (AvgIpc) is 2.70. The molecule has 1 atom stereocenters. The molecule has 0 aliphatic rings. The zero-order chi connectivity index (χ0) is 14.0. The van der Waals surface area contributed by atoms with Gasteiger partial charge in [0.05, 0.1) is 14.7 Å². The van der Waals surface area contributed by atoms with Crippen LogP contribution in [0.5, 0.6) is 0 Å². The van der Waals surface area contributed by atoms with E-state index in [4.69, 9.17) is 0 Å². The molecule has 0 radical (unpaired) electrons. The van der Waals surface area contributed by atoms with Crippen LogP contribution in [0.3, 0.4) is 0 Å². The SMILES string of the molecule is Cc1cc(C(=O)NC(C)c2ccc(F)cc2)sc1Br. The van der Waals surface area contributed by atoms with E-state index in [1.165, 1.54) is 23.5 Å². The van der Waals surface area contributed by atoms with Crippen LogP contribution in [0.4, 0.5) is 4.39 Å². The highest BCUT2D eigenvalue weighted by Gasteiger charge is 2.14. The van der Waals surface area contributed by atoms with E-state index in [1.54, 1.807) is 12.1 Å². The number of nitrogens with one attached hydrogen (secondary N) is 1. The van der Waals surface area contributed by atoms with E-state index in [0.29, 0.717) is 4.88 Å². The molecule has 1 heterocycles. The van der Waals surface area contributed by atoms with Crippen LogP contribution in [0, 0.1) is 12.7 Å². The fraction of sp³-hybridized carbons (Fsp3) is 0.214. The number of aryl methyl sites for hydroxylation is 1.